The molecule has 0 spiro atoms. The zero-order valence-electron chi connectivity index (χ0n) is 11.3. The highest BCUT2D eigenvalue weighted by molar-refractivity contribution is 5.75. The topological polar surface area (TPSA) is 67.6 Å². The highest BCUT2D eigenvalue weighted by Gasteiger charge is 2.19. The molecule has 1 aliphatic rings. The van der Waals surface area contributed by atoms with E-state index in [1.54, 1.807) is 0 Å². The first-order chi connectivity index (χ1) is 9.20. The van der Waals surface area contributed by atoms with Crippen LogP contribution in [0.25, 0.3) is 0 Å². The van der Waals surface area contributed by atoms with E-state index in [1.165, 1.54) is 5.56 Å². The van der Waals surface area contributed by atoms with Crippen LogP contribution in [0, 0.1) is 0 Å². The third-order valence-electron chi connectivity index (χ3n) is 3.56. The second-order valence-corrected chi connectivity index (χ2v) is 4.88. The van der Waals surface area contributed by atoms with Crippen LogP contribution in [0.15, 0.2) is 24.3 Å². The molecule has 0 aliphatic carbocycles. The van der Waals surface area contributed by atoms with Crippen LogP contribution in [0.5, 0.6) is 5.75 Å². The lowest BCUT2D eigenvalue weighted by Gasteiger charge is -2.26. The Morgan fingerprint density at radius 2 is 2.32 bits per heavy atom. The number of benzene rings is 1. The van der Waals surface area contributed by atoms with E-state index in [1.807, 2.05) is 18.2 Å². The third kappa shape index (κ3) is 3.68. The highest BCUT2D eigenvalue weighted by atomic mass is 16.5. The molecule has 0 fully saturated rings. The number of para-hydroxylation sites is 1. The van der Waals surface area contributed by atoms with Crippen LogP contribution in [-0.2, 0) is 11.3 Å². The summed E-state index contributed by atoms with van der Waals surface area (Å²) >= 11 is 0. The van der Waals surface area contributed by atoms with Gasteiger partial charge in [0.25, 0.3) is 0 Å². The Bertz CT molecular complexity index is 436. The van der Waals surface area contributed by atoms with Crippen molar-refractivity contribution in [3.63, 3.8) is 0 Å². The number of hydrogen-bond donors (Lipinski definition) is 2. The van der Waals surface area contributed by atoms with Gasteiger partial charge in [-0.1, -0.05) is 18.2 Å². The Balaban J connectivity index is 1.96. The number of amides is 1. The van der Waals surface area contributed by atoms with Gasteiger partial charge >= 0.3 is 0 Å². The lowest BCUT2D eigenvalue weighted by Crippen LogP contribution is -2.36. The van der Waals surface area contributed by atoms with Gasteiger partial charge in [-0.15, -0.1) is 0 Å². The fourth-order valence-corrected chi connectivity index (χ4v) is 2.32. The normalized spacial score (nSPS) is 16.9. The van der Waals surface area contributed by atoms with Gasteiger partial charge in [0.1, 0.15) is 12.4 Å². The van der Waals surface area contributed by atoms with Gasteiger partial charge in [-0.2, -0.15) is 0 Å². The van der Waals surface area contributed by atoms with Crippen molar-refractivity contribution in [3.05, 3.63) is 29.8 Å². The first-order valence-corrected chi connectivity index (χ1v) is 6.65. The molecule has 1 heterocycles. The Labute approximate surface area is 113 Å². The van der Waals surface area contributed by atoms with Gasteiger partial charge in [0.2, 0.25) is 5.91 Å². The molecule has 0 bridgehead atoms. The maximum Gasteiger partial charge on any atom is 0.233 e. The number of hydrogen-bond acceptors (Lipinski definition) is 4. The van der Waals surface area contributed by atoms with Gasteiger partial charge in [0.15, 0.2) is 0 Å². The second kappa shape index (κ2) is 6.54. The molecule has 1 amide bonds. The molecular formula is C14H21N3O2. The number of carbonyl (C=O) groups is 1. The second-order valence-electron chi connectivity index (χ2n) is 4.88. The summed E-state index contributed by atoms with van der Waals surface area (Å²) in [6.07, 6.45) is 1.25. The van der Waals surface area contributed by atoms with Crippen molar-refractivity contribution in [2.75, 3.05) is 13.2 Å². The summed E-state index contributed by atoms with van der Waals surface area (Å²) in [5.74, 6) is 5.95. The fraction of sp³-hybridized carbons (Fsp3) is 0.500. The average molecular weight is 263 g/mol. The van der Waals surface area contributed by atoms with E-state index >= 15 is 0 Å². The predicted molar refractivity (Wildman–Crippen MR) is 73.4 cm³/mol. The van der Waals surface area contributed by atoms with Gasteiger partial charge < -0.3 is 4.74 Å². The monoisotopic (exact) mass is 263 g/mol. The van der Waals surface area contributed by atoms with Crippen molar-refractivity contribution in [1.82, 2.24) is 10.3 Å². The van der Waals surface area contributed by atoms with E-state index in [4.69, 9.17) is 10.6 Å². The number of carbonyl (C=O) groups excluding carboxylic acids is 1. The van der Waals surface area contributed by atoms with Gasteiger partial charge in [-0.25, -0.2) is 5.84 Å². The van der Waals surface area contributed by atoms with Crippen LogP contribution in [-0.4, -0.2) is 30.0 Å². The zero-order chi connectivity index (χ0) is 13.7. The van der Waals surface area contributed by atoms with E-state index in [0.717, 1.165) is 25.3 Å². The molecule has 1 atom stereocenters. The van der Waals surface area contributed by atoms with Crippen LogP contribution in [0.2, 0.25) is 0 Å². The van der Waals surface area contributed by atoms with Gasteiger partial charge in [0, 0.05) is 31.1 Å². The van der Waals surface area contributed by atoms with Crippen molar-refractivity contribution in [2.24, 2.45) is 5.84 Å². The summed E-state index contributed by atoms with van der Waals surface area (Å²) < 4.78 is 5.73. The molecule has 1 aliphatic heterocycles. The van der Waals surface area contributed by atoms with Crippen LogP contribution in [0.1, 0.15) is 25.3 Å². The summed E-state index contributed by atoms with van der Waals surface area (Å²) in [6.45, 7) is 4.56. The first-order valence-electron chi connectivity index (χ1n) is 6.65. The molecule has 5 heteroatoms. The fourth-order valence-electron chi connectivity index (χ4n) is 2.32. The molecule has 104 valence electrons. The van der Waals surface area contributed by atoms with E-state index in [9.17, 15) is 4.79 Å². The predicted octanol–water partition coefficient (Wildman–Crippen LogP) is 1.04. The van der Waals surface area contributed by atoms with Crippen molar-refractivity contribution in [1.29, 1.82) is 0 Å². The molecule has 2 rings (SSSR count). The molecule has 19 heavy (non-hydrogen) atoms. The van der Waals surface area contributed by atoms with Crippen LogP contribution < -0.4 is 16.0 Å². The maximum absolute atomic E-state index is 11.2. The molecule has 0 aromatic heterocycles. The minimum Gasteiger partial charge on any atom is -0.492 e. The number of ether oxygens (including phenoxy) is 1. The molecular weight excluding hydrogens is 242 g/mol. The maximum atomic E-state index is 11.2. The molecule has 0 radical (unpaired) electrons. The van der Waals surface area contributed by atoms with E-state index < -0.39 is 0 Å². The van der Waals surface area contributed by atoms with Crippen LogP contribution in [0.3, 0.4) is 0 Å². The SMILES string of the molecule is CC(CCC(=O)NN)N1CCOc2ccccc2C1. The molecule has 1 aromatic rings. The van der Waals surface area contributed by atoms with Crippen molar-refractivity contribution < 1.29 is 9.53 Å². The summed E-state index contributed by atoms with van der Waals surface area (Å²) in [6, 6.07) is 8.44. The Morgan fingerprint density at radius 3 is 3.11 bits per heavy atom. The molecule has 1 aromatic carbocycles. The van der Waals surface area contributed by atoms with E-state index in [0.29, 0.717) is 19.1 Å². The minimum absolute atomic E-state index is 0.113. The van der Waals surface area contributed by atoms with Crippen molar-refractivity contribution >= 4 is 5.91 Å². The number of fused-ring (bicyclic) bond motifs is 1. The van der Waals surface area contributed by atoms with Crippen LogP contribution in [0.4, 0.5) is 0 Å². The zero-order valence-corrected chi connectivity index (χ0v) is 11.3. The van der Waals surface area contributed by atoms with E-state index in [-0.39, 0.29) is 5.91 Å². The van der Waals surface area contributed by atoms with Crippen molar-refractivity contribution in [2.45, 2.75) is 32.4 Å². The number of nitrogens with one attached hydrogen (secondary N) is 1. The van der Waals surface area contributed by atoms with Gasteiger partial charge in [0.05, 0.1) is 0 Å². The Morgan fingerprint density at radius 1 is 1.53 bits per heavy atom. The molecule has 0 saturated heterocycles. The Kier molecular flexibility index (Phi) is 4.76. The van der Waals surface area contributed by atoms with Gasteiger partial charge in [-0.05, 0) is 19.4 Å². The lowest BCUT2D eigenvalue weighted by atomic mass is 10.1. The summed E-state index contributed by atoms with van der Waals surface area (Å²) in [5.41, 5.74) is 3.37. The van der Waals surface area contributed by atoms with Gasteiger partial charge in [-0.3, -0.25) is 15.1 Å². The highest BCUT2D eigenvalue weighted by Crippen LogP contribution is 2.24. The number of hydrazine groups is 1. The quantitative estimate of drug-likeness (QED) is 0.484. The third-order valence-corrected chi connectivity index (χ3v) is 3.56. The van der Waals surface area contributed by atoms with Crippen molar-refractivity contribution in [3.8, 4) is 5.75 Å². The Hall–Kier alpha value is -1.59. The van der Waals surface area contributed by atoms with E-state index in [2.05, 4.69) is 23.3 Å². The minimum atomic E-state index is -0.113. The number of nitrogens with zero attached hydrogens (tertiary/aromatic N) is 1. The summed E-state index contributed by atoms with van der Waals surface area (Å²) in [5, 5.41) is 0. The number of rotatable bonds is 4. The summed E-state index contributed by atoms with van der Waals surface area (Å²) in [7, 11) is 0. The molecule has 5 nitrogen and oxygen atoms in total. The first kappa shape index (κ1) is 13.8. The summed E-state index contributed by atoms with van der Waals surface area (Å²) in [4.78, 5) is 13.5. The molecule has 1 unspecified atom stereocenters. The average Bonchev–Trinajstić information content (AvgIpc) is 2.66. The molecule has 3 N–H and O–H groups in total. The largest absolute Gasteiger partial charge is 0.492 e. The molecule has 0 saturated carbocycles. The number of nitrogens with two attached hydrogens (primary N) is 1. The van der Waals surface area contributed by atoms with Crippen LogP contribution >= 0.6 is 0 Å². The lowest BCUT2D eigenvalue weighted by molar-refractivity contribution is -0.121. The smallest absolute Gasteiger partial charge is 0.233 e. The standard InChI is InChI=1S/C14H21N3O2/c1-11(6-7-14(18)16-15)17-8-9-19-13-5-3-2-4-12(13)10-17/h2-5,11H,6-10,15H2,1H3,(H,16,18).